The third kappa shape index (κ3) is 6.26. The Labute approximate surface area is 162 Å². The molecule has 8 nitrogen and oxygen atoms in total. The van der Waals surface area contributed by atoms with Gasteiger partial charge in [-0.25, -0.2) is 0 Å². The SMILES string of the molecule is COc1ccc(Cl)cc1NC(=O)CN(C)CC(=O)Nc1cc(C(C)C)no1. The van der Waals surface area contributed by atoms with Crippen LogP contribution in [0.25, 0.3) is 0 Å². The van der Waals surface area contributed by atoms with Crippen molar-refractivity contribution in [1.29, 1.82) is 0 Å². The molecule has 0 unspecified atom stereocenters. The molecular formula is C18H23ClN4O4. The lowest BCUT2D eigenvalue weighted by molar-refractivity contribution is -0.119. The fourth-order valence-electron chi connectivity index (χ4n) is 2.31. The number of carbonyl (C=O) groups excluding carboxylic acids is 2. The number of anilines is 2. The number of carbonyl (C=O) groups is 2. The van der Waals surface area contributed by atoms with Crippen LogP contribution in [0.5, 0.6) is 5.75 Å². The van der Waals surface area contributed by atoms with E-state index in [2.05, 4.69) is 15.8 Å². The van der Waals surface area contributed by atoms with Crippen LogP contribution in [-0.2, 0) is 9.59 Å². The van der Waals surface area contributed by atoms with Crippen LogP contribution >= 0.6 is 11.6 Å². The number of ether oxygens (including phenoxy) is 1. The van der Waals surface area contributed by atoms with Crippen molar-refractivity contribution in [2.45, 2.75) is 19.8 Å². The molecule has 9 heteroatoms. The molecule has 1 aromatic heterocycles. The van der Waals surface area contributed by atoms with E-state index >= 15 is 0 Å². The molecule has 0 saturated carbocycles. The van der Waals surface area contributed by atoms with Crippen LogP contribution in [0.15, 0.2) is 28.8 Å². The van der Waals surface area contributed by atoms with E-state index in [1.165, 1.54) is 7.11 Å². The number of hydrogen-bond donors (Lipinski definition) is 2. The minimum atomic E-state index is -0.308. The lowest BCUT2D eigenvalue weighted by Gasteiger charge is -2.16. The Kier molecular flexibility index (Phi) is 7.20. The highest BCUT2D eigenvalue weighted by Crippen LogP contribution is 2.27. The molecule has 1 heterocycles. The number of hydrogen-bond acceptors (Lipinski definition) is 6. The molecule has 0 atom stereocenters. The van der Waals surface area contributed by atoms with Gasteiger partial charge in [0.05, 0.1) is 31.6 Å². The zero-order chi connectivity index (χ0) is 20.0. The van der Waals surface area contributed by atoms with Gasteiger partial charge in [0.25, 0.3) is 0 Å². The summed E-state index contributed by atoms with van der Waals surface area (Å²) in [6, 6.07) is 6.61. The highest BCUT2D eigenvalue weighted by Gasteiger charge is 2.15. The maximum absolute atomic E-state index is 12.2. The zero-order valence-electron chi connectivity index (χ0n) is 15.7. The van der Waals surface area contributed by atoms with Crippen LogP contribution in [0.1, 0.15) is 25.5 Å². The lowest BCUT2D eigenvalue weighted by Crippen LogP contribution is -2.36. The summed E-state index contributed by atoms with van der Waals surface area (Å²) in [5, 5.41) is 9.69. The van der Waals surface area contributed by atoms with E-state index in [1.54, 1.807) is 36.2 Å². The zero-order valence-corrected chi connectivity index (χ0v) is 16.5. The van der Waals surface area contributed by atoms with Gasteiger partial charge in [0.2, 0.25) is 17.7 Å². The average Bonchev–Trinajstić information content (AvgIpc) is 3.03. The molecule has 0 radical (unpaired) electrons. The van der Waals surface area contributed by atoms with E-state index < -0.39 is 0 Å². The molecular weight excluding hydrogens is 372 g/mol. The van der Waals surface area contributed by atoms with Gasteiger partial charge in [-0.2, -0.15) is 0 Å². The quantitative estimate of drug-likeness (QED) is 0.714. The maximum Gasteiger partial charge on any atom is 0.240 e. The monoisotopic (exact) mass is 394 g/mol. The first kappa shape index (κ1) is 20.7. The van der Waals surface area contributed by atoms with Crippen LogP contribution < -0.4 is 15.4 Å². The van der Waals surface area contributed by atoms with Gasteiger partial charge in [0.1, 0.15) is 5.75 Å². The predicted molar refractivity (Wildman–Crippen MR) is 103 cm³/mol. The minimum Gasteiger partial charge on any atom is -0.495 e. The van der Waals surface area contributed by atoms with Gasteiger partial charge in [0, 0.05) is 11.1 Å². The van der Waals surface area contributed by atoms with Crippen LogP contribution in [0.3, 0.4) is 0 Å². The second-order valence-corrected chi connectivity index (χ2v) is 6.82. The van der Waals surface area contributed by atoms with Gasteiger partial charge in [-0.15, -0.1) is 0 Å². The fraction of sp³-hybridized carbons (Fsp3) is 0.389. The summed E-state index contributed by atoms with van der Waals surface area (Å²) in [5.74, 6) is 0.378. The Morgan fingerprint density at radius 3 is 2.48 bits per heavy atom. The van der Waals surface area contributed by atoms with E-state index in [0.29, 0.717) is 16.5 Å². The molecule has 146 valence electrons. The van der Waals surface area contributed by atoms with Gasteiger partial charge in [-0.3, -0.25) is 19.8 Å². The molecule has 0 bridgehead atoms. The topological polar surface area (TPSA) is 96.7 Å². The summed E-state index contributed by atoms with van der Waals surface area (Å²) in [6.07, 6.45) is 0. The summed E-state index contributed by atoms with van der Waals surface area (Å²) in [5.41, 5.74) is 1.23. The number of nitrogens with one attached hydrogen (secondary N) is 2. The molecule has 2 rings (SSSR count). The second kappa shape index (κ2) is 9.38. The molecule has 0 aliphatic carbocycles. The van der Waals surface area contributed by atoms with E-state index in [9.17, 15) is 9.59 Å². The van der Waals surface area contributed by atoms with Gasteiger partial charge in [0.15, 0.2) is 0 Å². The summed E-state index contributed by atoms with van der Waals surface area (Å²) in [7, 11) is 3.16. The Morgan fingerprint density at radius 2 is 1.89 bits per heavy atom. The van der Waals surface area contributed by atoms with Crippen molar-refractivity contribution in [3.8, 4) is 5.75 Å². The number of methoxy groups -OCH3 is 1. The second-order valence-electron chi connectivity index (χ2n) is 6.38. The summed E-state index contributed by atoms with van der Waals surface area (Å²) < 4.78 is 10.3. The lowest BCUT2D eigenvalue weighted by atomic mass is 10.1. The molecule has 27 heavy (non-hydrogen) atoms. The van der Waals surface area contributed by atoms with Crippen molar-refractivity contribution < 1.29 is 18.8 Å². The Balaban J connectivity index is 1.85. The van der Waals surface area contributed by atoms with Crippen LogP contribution in [0.2, 0.25) is 5.02 Å². The molecule has 2 amide bonds. The molecule has 0 fully saturated rings. The summed E-state index contributed by atoms with van der Waals surface area (Å²) >= 11 is 5.95. The third-order valence-electron chi connectivity index (χ3n) is 3.65. The number of halogens is 1. The summed E-state index contributed by atoms with van der Waals surface area (Å²) in [4.78, 5) is 25.9. The predicted octanol–water partition coefficient (Wildman–Crippen LogP) is 2.97. The van der Waals surface area contributed by atoms with Crippen molar-refractivity contribution in [1.82, 2.24) is 10.1 Å². The average molecular weight is 395 g/mol. The van der Waals surface area contributed by atoms with Gasteiger partial charge < -0.3 is 14.6 Å². The number of aromatic nitrogens is 1. The van der Waals surface area contributed by atoms with Crippen LogP contribution in [0, 0.1) is 0 Å². The molecule has 0 aliphatic rings. The van der Waals surface area contributed by atoms with Crippen molar-refractivity contribution >= 4 is 35.0 Å². The fourth-order valence-corrected chi connectivity index (χ4v) is 2.48. The number of nitrogens with zero attached hydrogens (tertiary/aromatic N) is 2. The van der Waals surface area contributed by atoms with Gasteiger partial charge in [-0.1, -0.05) is 30.6 Å². The van der Waals surface area contributed by atoms with Crippen molar-refractivity contribution in [3.05, 3.63) is 35.0 Å². The standard InChI is InChI=1S/C18H23ClN4O4/c1-11(2)13-8-18(27-22-13)21-17(25)10-23(3)9-16(24)20-14-7-12(19)5-6-15(14)26-4/h5-8,11H,9-10H2,1-4H3,(H,20,24)(H,21,25). The number of amides is 2. The van der Waals surface area contributed by atoms with Crippen LogP contribution in [-0.4, -0.2) is 49.1 Å². The molecule has 2 aromatic rings. The van der Waals surface area contributed by atoms with Crippen molar-refractivity contribution in [2.24, 2.45) is 0 Å². The highest BCUT2D eigenvalue weighted by molar-refractivity contribution is 6.31. The van der Waals surface area contributed by atoms with E-state index in [0.717, 1.165) is 5.69 Å². The van der Waals surface area contributed by atoms with Crippen molar-refractivity contribution in [2.75, 3.05) is 37.9 Å². The normalized spacial score (nSPS) is 10.9. The Morgan fingerprint density at radius 1 is 1.22 bits per heavy atom. The third-order valence-corrected chi connectivity index (χ3v) is 3.88. The van der Waals surface area contributed by atoms with Gasteiger partial charge in [-0.05, 0) is 31.2 Å². The largest absolute Gasteiger partial charge is 0.495 e. The van der Waals surface area contributed by atoms with E-state index in [1.807, 2.05) is 13.8 Å². The molecule has 0 saturated heterocycles. The smallest absolute Gasteiger partial charge is 0.240 e. The number of benzene rings is 1. The molecule has 2 N–H and O–H groups in total. The highest BCUT2D eigenvalue weighted by atomic mass is 35.5. The van der Waals surface area contributed by atoms with E-state index in [4.69, 9.17) is 20.9 Å². The minimum absolute atomic E-state index is 0.0107. The molecule has 0 aliphatic heterocycles. The maximum atomic E-state index is 12.2. The van der Waals surface area contributed by atoms with Crippen LogP contribution in [0.4, 0.5) is 11.6 Å². The van der Waals surface area contributed by atoms with Gasteiger partial charge >= 0.3 is 0 Å². The first-order valence-corrected chi connectivity index (χ1v) is 8.74. The number of likely N-dealkylation sites (N-methyl/N-ethyl adjacent to an activating group) is 1. The first-order valence-electron chi connectivity index (χ1n) is 8.37. The number of rotatable bonds is 8. The Hall–Kier alpha value is -2.58. The first-order chi connectivity index (χ1) is 12.8. The Bertz CT molecular complexity index is 806. The van der Waals surface area contributed by atoms with Crippen molar-refractivity contribution in [3.63, 3.8) is 0 Å². The van der Waals surface area contributed by atoms with E-state index in [-0.39, 0.29) is 36.7 Å². The summed E-state index contributed by atoms with van der Waals surface area (Å²) in [6.45, 7) is 3.98. The molecule has 1 aromatic carbocycles. The molecule has 0 spiro atoms.